The summed E-state index contributed by atoms with van der Waals surface area (Å²) in [6.07, 6.45) is 2.84. The second kappa shape index (κ2) is 5.08. The van der Waals surface area contributed by atoms with E-state index >= 15 is 0 Å². The SMILES string of the molecule is CC1(C(=O)O)CCCCN1Cc1csc(Br)c1. The molecule has 0 bridgehead atoms. The third-order valence-corrected chi connectivity index (χ3v) is 5.05. The van der Waals surface area contributed by atoms with Crippen LogP contribution in [0.25, 0.3) is 0 Å². The number of likely N-dealkylation sites (tertiary alicyclic amines) is 1. The molecule has 1 fully saturated rings. The minimum absolute atomic E-state index is 0.702. The molecule has 2 heterocycles. The van der Waals surface area contributed by atoms with Gasteiger partial charge in [-0.05, 0) is 65.7 Å². The van der Waals surface area contributed by atoms with E-state index in [0.717, 1.165) is 36.1 Å². The van der Waals surface area contributed by atoms with Gasteiger partial charge in [-0.3, -0.25) is 9.69 Å². The third-order valence-electron chi connectivity index (χ3n) is 3.50. The van der Waals surface area contributed by atoms with Crippen molar-refractivity contribution in [1.82, 2.24) is 4.90 Å². The van der Waals surface area contributed by atoms with Gasteiger partial charge in [0.2, 0.25) is 0 Å². The highest BCUT2D eigenvalue weighted by Gasteiger charge is 2.41. The van der Waals surface area contributed by atoms with Crippen LogP contribution in [0.15, 0.2) is 15.2 Å². The Morgan fingerprint density at radius 1 is 1.65 bits per heavy atom. The fourth-order valence-corrected chi connectivity index (χ4v) is 3.52. The Morgan fingerprint density at radius 2 is 2.41 bits per heavy atom. The molecule has 1 aliphatic heterocycles. The van der Waals surface area contributed by atoms with Crippen molar-refractivity contribution < 1.29 is 9.90 Å². The van der Waals surface area contributed by atoms with Gasteiger partial charge in [-0.25, -0.2) is 0 Å². The average Bonchev–Trinajstić information content (AvgIpc) is 2.67. The van der Waals surface area contributed by atoms with Gasteiger partial charge in [0.15, 0.2) is 0 Å². The maximum atomic E-state index is 11.4. The van der Waals surface area contributed by atoms with Crippen molar-refractivity contribution in [1.29, 1.82) is 0 Å². The first-order chi connectivity index (χ1) is 8.02. The van der Waals surface area contributed by atoms with Gasteiger partial charge < -0.3 is 5.11 Å². The molecule has 0 spiro atoms. The first kappa shape index (κ1) is 13.1. The summed E-state index contributed by atoms with van der Waals surface area (Å²) in [5.74, 6) is -0.702. The summed E-state index contributed by atoms with van der Waals surface area (Å²) >= 11 is 5.08. The van der Waals surface area contributed by atoms with E-state index in [9.17, 15) is 9.90 Å². The fraction of sp³-hybridized carbons (Fsp3) is 0.583. The van der Waals surface area contributed by atoms with Crippen LogP contribution in [0.5, 0.6) is 0 Å². The molecule has 0 amide bonds. The topological polar surface area (TPSA) is 40.5 Å². The Kier molecular flexibility index (Phi) is 3.90. The van der Waals surface area contributed by atoms with Gasteiger partial charge >= 0.3 is 5.97 Å². The van der Waals surface area contributed by atoms with E-state index in [0.29, 0.717) is 0 Å². The predicted octanol–water partition coefficient (Wildman–Crippen LogP) is 3.34. The molecule has 0 aromatic carbocycles. The number of halogens is 1. The summed E-state index contributed by atoms with van der Waals surface area (Å²) < 4.78 is 1.10. The molecule has 1 aromatic heterocycles. The van der Waals surface area contributed by atoms with Gasteiger partial charge in [0.05, 0.1) is 3.79 Å². The van der Waals surface area contributed by atoms with E-state index in [1.807, 2.05) is 6.92 Å². The van der Waals surface area contributed by atoms with E-state index in [4.69, 9.17) is 0 Å². The van der Waals surface area contributed by atoms with E-state index in [-0.39, 0.29) is 0 Å². The zero-order valence-corrected chi connectivity index (χ0v) is 12.2. The Labute approximate surface area is 114 Å². The molecule has 1 aromatic rings. The zero-order chi connectivity index (χ0) is 12.5. The van der Waals surface area contributed by atoms with Crippen molar-refractivity contribution in [2.45, 2.75) is 38.3 Å². The number of carbonyl (C=O) groups is 1. The number of rotatable bonds is 3. The number of aliphatic carboxylic acids is 1. The number of carboxylic acids is 1. The number of thiophene rings is 1. The normalized spacial score (nSPS) is 26.0. The van der Waals surface area contributed by atoms with Crippen molar-refractivity contribution in [3.8, 4) is 0 Å². The van der Waals surface area contributed by atoms with E-state index < -0.39 is 11.5 Å². The summed E-state index contributed by atoms with van der Waals surface area (Å²) in [6.45, 7) is 3.44. The molecule has 1 unspecified atom stereocenters. The van der Waals surface area contributed by atoms with Crippen molar-refractivity contribution in [3.05, 3.63) is 20.8 Å². The van der Waals surface area contributed by atoms with Crippen LogP contribution >= 0.6 is 27.3 Å². The van der Waals surface area contributed by atoms with Crippen molar-refractivity contribution >= 4 is 33.2 Å². The van der Waals surface area contributed by atoms with E-state index in [2.05, 4.69) is 32.3 Å². The van der Waals surface area contributed by atoms with Gasteiger partial charge in [-0.15, -0.1) is 11.3 Å². The molecule has 94 valence electrons. The first-order valence-corrected chi connectivity index (χ1v) is 7.41. The van der Waals surface area contributed by atoms with E-state index in [1.165, 1.54) is 5.56 Å². The lowest BCUT2D eigenvalue weighted by atomic mass is 9.88. The van der Waals surface area contributed by atoms with Crippen LogP contribution < -0.4 is 0 Å². The Bertz CT molecular complexity index is 420. The highest BCUT2D eigenvalue weighted by molar-refractivity contribution is 9.11. The molecule has 0 saturated carbocycles. The number of carboxylic acid groups (broad SMARTS) is 1. The summed E-state index contributed by atoms with van der Waals surface area (Å²) in [5, 5.41) is 11.5. The molecule has 0 aliphatic carbocycles. The van der Waals surface area contributed by atoms with Crippen LogP contribution in [0, 0.1) is 0 Å². The minimum atomic E-state index is -0.702. The molecule has 5 heteroatoms. The summed E-state index contributed by atoms with van der Waals surface area (Å²) in [4.78, 5) is 13.5. The van der Waals surface area contributed by atoms with Crippen LogP contribution in [0.4, 0.5) is 0 Å². The number of piperidine rings is 1. The standard InChI is InChI=1S/C12H16BrNO2S/c1-12(11(15)16)4-2-3-5-14(12)7-9-6-10(13)17-8-9/h6,8H,2-5,7H2,1H3,(H,15,16). The summed E-state index contributed by atoms with van der Waals surface area (Å²) in [7, 11) is 0. The largest absolute Gasteiger partial charge is 0.480 e. The predicted molar refractivity (Wildman–Crippen MR) is 72.3 cm³/mol. The van der Waals surface area contributed by atoms with Crippen LogP contribution in [-0.4, -0.2) is 28.1 Å². The second-order valence-corrected chi connectivity index (χ2v) is 7.01. The number of hydrogen-bond acceptors (Lipinski definition) is 3. The monoisotopic (exact) mass is 317 g/mol. The molecule has 3 nitrogen and oxygen atoms in total. The Morgan fingerprint density at radius 3 is 3.00 bits per heavy atom. The first-order valence-electron chi connectivity index (χ1n) is 5.74. The molecule has 1 N–H and O–H groups in total. The molecule has 0 radical (unpaired) electrons. The molecule has 1 atom stereocenters. The Hall–Kier alpha value is -0.390. The van der Waals surface area contributed by atoms with Gasteiger partial charge in [0.25, 0.3) is 0 Å². The lowest BCUT2D eigenvalue weighted by Gasteiger charge is -2.41. The van der Waals surface area contributed by atoms with Crippen LogP contribution in [0.1, 0.15) is 31.7 Å². The van der Waals surface area contributed by atoms with Crippen molar-refractivity contribution in [3.63, 3.8) is 0 Å². The molecule has 17 heavy (non-hydrogen) atoms. The van der Waals surface area contributed by atoms with Crippen LogP contribution in [0.2, 0.25) is 0 Å². The van der Waals surface area contributed by atoms with Gasteiger partial charge in [0.1, 0.15) is 5.54 Å². The van der Waals surface area contributed by atoms with E-state index in [1.54, 1.807) is 11.3 Å². The van der Waals surface area contributed by atoms with Gasteiger partial charge in [-0.2, -0.15) is 0 Å². The van der Waals surface area contributed by atoms with Crippen LogP contribution in [-0.2, 0) is 11.3 Å². The summed E-state index contributed by atoms with van der Waals surface area (Å²) in [5.41, 5.74) is 0.489. The number of nitrogens with zero attached hydrogens (tertiary/aromatic N) is 1. The lowest BCUT2D eigenvalue weighted by molar-refractivity contribution is -0.153. The third kappa shape index (κ3) is 2.72. The Balaban J connectivity index is 2.14. The minimum Gasteiger partial charge on any atom is -0.480 e. The highest BCUT2D eigenvalue weighted by atomic mass is 79.9. The number of hydrogen-bond donors (Lipinski definition) is 1. The van der Waals surface area contributed by atoms with Gasteiger partial charge in [-0.1, -0.05) is 0 Å². The quantitative estimate of drug-likeness (QED) is 0.929. The van der Waals surface area contributed by atoms with Gasteiger partial charge in [0, 0.05) is 6.54 Å². The highest BCUT2D eigenvalue weighted by Crippen LogP contribution is 2.31. The van der Waals surface area contributed by atoms with Crippen molar-refractivity contribution in [2.75, 3.05) is 6.54 Å². The second-order valence-electron chi connectivity index (χ2n) is 4.72. The zero-order valence-electron chi connectivity index (χ0n) is 9.78. The molecular weight excluding hydrogens is 302 g/mol. The molecule has 1 aliphatic rings. The smallest absolute Gasteiger partial charge is 0.323 e. The maximum Gasteiger partial charge on any atom is 0.323 e. The molecule has 2 rings (SSSR count). The van der Waals surface area contributed by atoms with Crippen LogP contribution in [0.3, 0.4) is 0 Å². The maximum absolute atomic E-state index is 11.4. The summed E-state index contributed by atoms with van der Waals surface area (Å²) in [6, 6.07) is 2.07. The fourth-order valence-electron chi connectivity index (χ4n) is 2.32. The lowest BCUT2D eigenvalue weighted by Crippen LogP contribution is -2.54. The average molecular weight is 318 g/mol. The molecular formula is C12H16BrNO2S. The molecule has 1 saturated heterocycles. The van der Waals surface area contributed by atoms with Crippen molar-refractivity contribution in [2.24, 2.45) is 0 Å².